The van der Waals surface area contributed by atoms with E-state index in [1.165, 1.54) is 6.92 Å². The number of carbonyl (C=O) groups is 2. The van der Waals surface area contributed by atoms with Gasteiger partial charge >= 0.3 is 12.1 Å². The maximum absolute atomic E-state index is 11.8. The van der Waals surface area contributed by atoms with E-state index >= 15 is 0 Å². The predicted molar refractivity (Wildman–Crippen MR) is 67.2 cm³/mol. The Bertz CT molecular complexity index is 530. The molecule has 0 aliphatic heterocycles. The number of aryl methyl sites for hydroxylation is 1. The van der Waals surface area contributed by atoms with Crippen LogP contribution in [-0.4, -0.2) is 41.4 Å². The van der Waals surface area contributed by atoms with Gasteiger partial charge in [0.05, 0.1) is 11.7 Å². The standard InChI is InChI=1S/C11H13F3N2O4S/c1-5-8(10(18)19)21-9(16-5)6(2)15-7(17)3-20-4-11(12,13)14/h6H,3-4H2,1-2H3,(H,15,17)(H,18,19). The van der Waals surface area contributed by atoms with Gasteiger partial charge in [-0.05, 0) is 13.8 Å². The zero-order chi connectivity index (χ0) is 16.2. The second kappa shape index (κ2) is 6.85. The minimum atomic E-state index is -4.49. The zero-order valence-corrected chi connectivity index (χ0v) is 12.0. The maximum Gasteiger partial charge on any atom is 0.411 e. The van der Waals surface area contributed by atoms with Gasteiger partial charge in [0.15, 0.2) is 0 Å². The van der Waals surface area contributed by atoms with Crippen molar-refractivity contribution in [2.45, 2.75) is 26.1 Å². The van der Waals surface area contributed by atoms with Crippen LogP contribution in [0.25, 0.3) is 0 Å². The van der Waals surface area contributed by atoms with E-state index in [2.05, 4.69) is 15.0 Å². The summed E-state index contributed by atoms with van der Waals surface area (Å²) in [6, 6.07) is -0.621. The van der Waals surface area contributed by atoms with Gasteiger partial charge in [0.2, 0.25) is 5.91 Å². The Morgan fingerprint density at radius 2 is 2.10 bits per heavy atom. The largest absolute Gasteiger partial charge is 0.477 e. The Morgan fingerprint density at radius 3 is 2.57 bits per heavy atom. The number of aromatic nitrogens is 1. The highest BCUT2D eigenvalue weighted by Crippen LogP contribution is 2.23. The summed E-state index contributed by atoms with van der Waals surface area (Å²) in [5.41, 5.74) is 0.317. The molecule has 0 saturated carbocycles. The predicted octanol–water partition coefficient (Wildman–Crippen LogP) is 1.91. The molecular weight excluding hydrogens is 313 g/mol. The smallest absolute Gasteiger partial charge is 0.411 e. The lowest BCUT2D eigenvalue weighted by molar-refractivity contribution is -0.175. The van der Waals surface area contributed by atoms with Crippen LogP contribution >= 0.6 is 11.3 Å². The number of aromatic carboxylic acids is 1. The number of carboxylic acid groups (broad SMARTS) is 1. The minimum absolute atomic E-state index is 0.0550. The van der Waals surface area contributed by atoms with Gasteiger partial charge in [-0.2, -0.15) is 13.2 Å². The number of hydrogen-bond acceptors (Lipinski definition) is 5. The molecule has 0 aliphatic carbocycles. The topological polar surface area (TPSA) is 88.5 Å². The molecule has 10 heteroatoms. The minimum Gasteiger partial charge on any atom is -0.477 e. The molecule has 118 valence electrons. The Hall–Kier alpha value is -1.68. The van der Waals surface area contributed by atoms with E-state index in [0.717, 1.165) is 11.3 Å². The van der Waals surface area contributed by atoms with Crippen LogP contribution in [0.4, 0.5) is 13.2 Å². The molecule has 1 aromatic heterocycles. The summed E-state index contributed by atoms with van der Waals surface area (Å²) in [5, 5.41) is 11.6. The van der Waals surface area contributed by atoms with Crippen LogP contribution in [0.5, 0.6) is 0 Å². The Kier molecular flexibility index (Phi) is 5.67. The van der Waals surface area contributed by atoms with Crippen LogP contribution < -0.4 is 5.32 Å². The van der Waals surface area contributed by atoms with Crippen molar-refractivity contribution in [1.82, 2.24) is 10.3 Å². The molecule has 2 N–H and O–H groups in total. The van der Waals surface area contributed by atoms with E-state index in [4.69, 9.17) is 5.11 Å². The highest BCUT2D eigenvalue weighted by Gasteiger charge is 2.28. The van der Waals surface area contributed by atoms with Crippen molar-refractivity contribution in [2.75, 3.05) is 13.2 Å². The summed E-state index contributed by atoms with van der Waals surface area (Å²) >= 11 is 0.900. The first kappa shape index (κ1) is 17.4. The van der Waals surface area contributed by atoms with E-state index < -0.39 is 37.3 Å². The highest BCUT2D eigenvalue weighted by molar-refractivity contribution is 7.13. The fraction of sp³-hybridized carbons (Fsp3) is 0.545. The number of halogens is 3. The van der Waals surface area contributed by atoms with Crippen molar-refractivity contribution in [2.24, 2.45) is 0 Å². The number of nitrogens with zero attached hydrogens (tertiary/aromatic N) is 1. The fourth-order valence-electron chi connectivity index (χ4n) is 1.41. The molecule has 21 heavy (non-hydrogen) atoms. The molecule has 1 unspecified atom stereocenters. The zero-order valence-electron chi connectivity index (χ0n) is 11.2. The lowest BCUT2D eigenvalue weighted by Crippen LogP contribution is -2.31. The second-order valence-corrected chi connectivity index (χ2v) is 5.20. The maximum atomic E-state index is 11.8. The molecule has 1 heterocycles. The van der Waals surface area contributed by atoms with E-state index in [9.17, 15) is 22.8 Å². The van der Waals surface area contributed by atoms with Crippen LogP contribution in [0.1, 0.15) is 33.3 Å². The molecule has 0 saturated heterocycles. The summed E-state index contributed by atoms with van der Waals surface area (Å²) in [4.78, 5) is 26.3. The summed E-state index contributed by atoms with van der Waals surface area (Å²) in [7, 11) is 0. The van der Waals surface area contributed by atoms with Crippen LogP contribution in [0.2, 0.25) is 0 Å². The number of nitrogens with one attached hydrogen (secondary N) is 1. The lowest BCUT2D eigenvalue weighted by atomic mass is 10.3. The molecular formula is C11H13F3N2O4S. The fourth-order valence-corrected chi connectivity index (χ4v) is 2.31. The van der Waals surface area contributed by atoms with Crippen molar-refractivity contribution in [3.05, 3.63) is 15.6 Å². The normalized spacial score (nSPS) is 13.0. The Balaban J connectivity index is 2.53. The number of carbonyl (C=O) groups excluding carboxylic acids is 1. The first-order valence-corrected chi connectivity index (χ1v) is 6.56. The monoisotopic (exact) mass is 326 g/mol. The van der Waals surface area contributed by atoms with Gasteiger partial charge in [-0.25, -0.2) is 9.78 Å². The molecule has 0 aliphatic rings. The van der Waals surface area contributed by atoms with Crippen LogP contribution in [0, 0.1) is 6.92 Å². The summed E-state index contributed by atoms with van der Waals surface area (Å²) in [6.07, 6.45) is -4.49. The average Bonchev–Trinajstić information content (AvgIpc) is 2.69. The van der Waals surface area contributed by atoms with Gasteiger partial charge in [0.1, 0.15) is 23.1 Å². The Labute approximate surface area is 121 Å². The molecule has 1 atom stereocenters. The number of carboxylic acids is 1. The number of amides is 1. The third-order valence-electron chi connectivity index (χ3n) is 2.25. The highest BCUT2D eigenvalue weighted by atomic mass is 32.1. The van der Waals surface area contributed by atoms with Gasteiger partial charge in [-0.3, -0.25) is 4.79 Å². The number of thiazole rings is 1. The molecule has 0 fully saturated rings. The summed E-state index contributed by atoms with van der Waals surface area (Å²) < 4.78 is 39.7. The Morgan fingerprint density at radius 1 is 1.48 bits per heavy atom. The third kappa shape index (κ3) is 5.68. The molecule has 0 aromatic carbocycles. The summed E-state index contributed by atoms with van der Waals surface area (Å²) in [6.45, 7) is 0.824. The second-order valence-electron chi connectivity index (χ2n) is 4.17. The average molecular weight is 326 g/mol. The van der Waals surface area contributed by atoms with Gasteiger partial charge < -0.3 is 15.2 Å². The number of alkyl halides is 3. The van der Waals surface area contributed by atoms with Gasteiger partial charge in [0.25, 0.3) is 0 Å². The van der Waals surface area contributed by atoms with Gasteiger partial charge in [-0.15, -0.1) is 11.3 Å². The lowest BCUT2D eigenvalue weighted by Gasteiger charge is -2.12. The first-order chi connectivity index (χ1) is 9.60. The van der Waals surface area contributed by atoms with E-state index in [1.54, 1.807) is 6.92 Å². The van der Waals surface area contributed by atoms with Gasteiger partial charge in [0, 0.05) is 0 Å². The van der Waals surface area contributed by atoms with Crippen LogP contribution in [-0.2, 0) is 9.53 Å². The summed E-state index contributed by atoms with van der Waals surface area (Å²) in [5.74, 6) is -1.86. The van der Waals surface area contributed by atoms with Crippen molar-refractivity contribution < 1.29 is 32.6 Å². The van der Waals surface area contributed by atoms with Crippen LogP contribution in [0.15, 0.2) is 0 Å². The van der Waals surface area contributed by atoms with Crippen molar-refractivity contribution in [1.29, 1.82) is 0 Å². The van der Waals surface area contributed by atoms with E-state index in [1.807, 2.05) is 0 Å². The van der Waals surface area contributed by atoms with Crippen molar-refractivity contribution in [3.63, 3.8) is 0 Å². The third-order valence-corrected chi connectivity index (χ3v) is 3.58. The molecule has 1 aromatic rings. The number of hydrogen-bond donors (Lipinski definition) is 2. The number of ether oxygens (including phenoxy) is 1. The van der Waals surface area contributed by atoms with Crippen LogP contribution in [0.3, 0.4) is 0 Å². The molecule has 0 radical (unpaired) electrons. The van der Waals surface area contributed by atoms with Crippen molar-refractivity contribution >= 4 is 23.2 Å². The number of rotatable bonds is 6. The molecule has 1 rings (SSSR count). The van der Waals surface area contributed by atoms with E-state index in [0.29, 0.717) is 10.7 Å². The van der Waals surface area contributed by atoms with E-state index in [-0.39, 0.29) is 4.88 Å². The quantitative estimate of drug-likeness (QED) is 0.833. The molecule has 1 amide bonds. The molecule has 6 nitrogen and oxygen atoms in total. The molecule has 0 bridgehead atoms. The van der Waals surface area contributed by atoms with Crippen molar-refractivity contribution in [3.8, 4) is 0 Å². The SMILES string of the molecule is Cc1nc(C(C)NC(=O)COCC(F)(F)F)sc1C(=O)O. The first-order valence-electron chi connectivity index (χ1n) is 5.74. The van der Waals surface area contributed by atoms with Gasteiger partial charge in [-0.1, -0.05) is 0 Å². The molecule has 0 spiro atoms.